The van der Waals surface area contributed by atoms with Gasteiger partial charge in [0.15, 0.2) is 0 Å². The lowest BCUT2D eigenvalue weighted by Crippen LogP contribution is -2.41. The first-order chi connectivity index (χ1) is 15.4. The third-order valence-electron chi connectivity index (χ3n) is 5.64. The lowest BCUT2D eigenvalue weighted by Gasteiger charge is -2.17. The minimum Gasteiger partial charge on any atom is -0.480 e. The van der Waals surface area contributed by atoms with Crippen LogP contribution < -0.4 is 5.32 Å². The zero-order valence-corrected chi connectivity index (χ0v) is 17.1. The third kappa shape index (κ3) is 4.46. The van der Waals surface area contributed by atoms with Crippen LogP contribution in [-0.2, 0) is 16.0 Å². The molecular weight excluding hydrogens is 416 g/mol. The molecule has 32 heavy (non-hydrogen) atoms. The molecule has 0 heterocycles. The minimum atomic E-state index is -1.30. The second-order valence-electron chi connectivity index (χ2n) is 7.64. The van der Waals surface area contributed by atoms with Crippen LogP contribution in [0.1, 0.15) is 29.0 Å². The molecule has 0 aromatic heterocycles. The van der Waals surface area contributed by atoms with Gasteiger partial charge in [-0.05, 0) is 58.9 Å². The number of carboxylic acid groups (broad SMARTS) is 1. The van der Waals surface area contributed by atoms with Crippen molar-refractivity contribution in [3.63, 3.8) is 0 Å². The number of amides is 1. The summed E-state index contributed by atoms with van der Waals surface area (Å²) in [6.45, 7) is 0.0464. The number of hydrogen-bond acceptors (Lipinski definition) is 3. The van der Waals surface area contributed by atoms with Crippen molar-refractivity contribution in [3.8, 4) is 11.1 Å². The number of aryl methyl sites for hydroxylation is 1. The van der Waals surface area contributed by atoms with Crippen LogP contribution in [0.25, 0.3) is 11.1 Å². The molecule has 3 aromatic carbocycles. The lowest BCUT2D eigenvalue weighted by molar-refractivity contribution is -0.139. The smallest absolute Gasteiger partial charge is 0.407 e. The number of fused-ring (bicyclic) bond motifs is 3. The molecule has 5 nitrogen and oxygen atoms in total. The molecule has 1 aliphatic rings. The van der Waals surface area contributed by atoms with Gasteiger partial charge in [-0.2, -0.15) is 0 Å². The number of halogens is 2. The van der Waals surface area contributed by atoms with E-state index < -0.39 is 29.7 Å². The maximum atomic E-state index is 13.8. The SMILES string of the molecule is O=C(N[C@@H](CCc1cc(F)ccc1F)C(=O)O)OCC1c2ccccc2-c2ccccc21. The van der Waals surface area contributed by atoms with Gasteiger partial charge in [-0.15, -0.1) is 0 Å². The van der Waals surface area contributed by atoms with Gasteiger partial charge in [0, 0.05) is 5.92 Å². The van der Waals surface area contributed by atoms with Crippen LogP contribution >= 0.6 is 0 Å². The summed E-state index contributed by atoms with van der Waals surface area (Å²) < 4.78 is 32.5. The van der Waals surface area contributed by atoms with E-state index in [2.05, 4.69) is 5.32 Å². The van der Waals surface area contributed by atoms with E-state index in [-0.39, 0.29) is 30.9 Å². The maximum absolute atomic E-state index is 13.8. The van der Waals surface area contributed by atoms with E-state index in [1.54, 1.807) is 0 Å². The van der Waals surface area contributed by atoms with E-state index in [0.717, 1.165) is 40.5 Å². The van der Waals surface area contributed by atoms with Gasteiger partial charge in [-0.25, -0.2) is 18.4 Å². The van der Waals surface area contributed by atoms with Gasteiger partial charge in [0.25, 0.3) is 0 Å². The molecule has 4 rings (SSSR count). The van der Waals surface area contributed by atoms with Gasteiger partial charge in [-0.3, -0.25) is 0 Å². The Morgan fingerprint density at radius 3 is 2.22 bits per heavy atom. The number of ether oxygens (including phenoxy) is 1. The van der Waals surface area contributed by atoms with Gasteiger partial charge in [0.05, 0.1) is 0 Å². The minimum absolute atomic E-state index is 0.0464. The predicted molar refractivity (Wildman–Crippen MR) is 114 cm³/mol. The number of carbonyl (C=O) groups excluding carboxylic acids is 1. The zero-order chi connectivity index (χ0) is 22.7. The van der Waals surface area contributed by atoms with Crippen molar-refractivity contribution in [2.45, 2.75) is 24.8 Å². The van der Waals surface area contributed by atoms with Crippen LogP contribution in [0.3, 0.4) is 0 Å². The number of rotatable bonds is 7. The highest BCUT2D eigenvalue weighted by Crippen LogP contribution is 2.44. The summed E-state index contributed by atoms with van der Waals surface area (Å²) in [5.41, 5.74) is 4.29. The van der Waals surface area contributed by atoms with Gasteiger partial charge < -0.3 is 15.2 Å². The van der Waals surface area contributed by atoms with Crippen LogP contribution in [-0.4, -0.2) is 29.8 Å². The maximum Gasteiger partial charge on any atom is 0.407 e. The van der Waals surface area contributed by atoms with E-state index in [1.807, 2.05) is 48.5 Å². The average molecular weight is 437 g/mol. The molecule has 0 aliphatic heterocycles. The molecule has 0 fully saturated rings. The van der Waals surface area contributed by atoms with Gasteiger partial charge in [0.2, 0.25) is 0 Å². The van der Waals surface area contributed by atoms with Crippen molar-refractivity contribution < 1.29 is 28.2 Å². The Bertz CT molecular complexity index is 1120. The number of carboxylic acids is 1. The van der Waals surface area contributed by atoms with Gasteiger partial charge >= 0.3 is 12.1 Å². The molecule has 2 N–H and O–H groups in total. The van der Waals surface area contributed by atoms with E-state index >= 15 is 0 Å². The topological polar surface area (TPSA) is 75.6 Å². The molecule has 1 aliphatic carbocycles. The van der Waals surface area contributed by atoms with Crippen LogP contribution in [0.15, 0.2) is 66.7 Å². The van der Waals surface area contributed by atoms with Crippen molar-refractivity contribution in [1.29, 1.82) is 0 Å². The van der Waals surface area contributed by atoms with E-state index in [4.69, 9.17) is 4.74 Å². The molecule has 164 valence electrons. The molecular formula is C25H21F2NO4. The normalized spacial score (nSPS) is 13.2. The Hall–Kier alpha value is -3.74. The Morgan fingerprint density at radius 1 is 0.969 bits per heavy atom. The van der Waals surface area contributed by atoms with Crippen LogP contribution in [0, 0.1) is 11.6 Å². The van der Waals surface area contributed by atoms with Crippen LogP contribution in [0.4, 0.5) is 13.6 Å². The first-order valence-electron chi connectivity index (χ1n) is 10.2. The van der Waals surface area contributed by atoms with Crippen molar-refractivity contribution in [1.82, 2.24) is 5.32 Å². The Morgan fingerprint density at radius 2 is 1.59 bits per heavy atom. The van der Waals surface area contributed by atoms with Crippen molar-refractivity contribution >= 4 is 12.1 Å². The van der Waals surface area contributed by atoms with E-state index in [9.17, 15) is 23.5 Å². The highest BCUT2D eigenvalue weighted by Gasteiger charge is 2.29. The molecule has 1 atom stereocenters. The molecule has 0 saturated carbocycles. The second kappa shape index (κ2) is 9.18. The Labute approximate surface area is 183 Å². The van der Waals surface area contributed by atoms with Crippen molar-refractivity contribution in [2.24, 2.45) is 0 Å². The predicted octanol–water partition coefficient (Wildman–Crippen LogP) is 4.89. The fraction of sp³-hybridized carbons (Fsp3) is 0.200. The summed E-state index contributed by atoms with van der Waals surface area (Å²) in [5, 5.41) is 11.7. The molecule has 0 saturated heterocycles. The standard InChI is InChI=1S/C25H21F2NO4/c26-16-10-11-22(27)15(13-16)9-12-23(24(29)30)28-25(31)32-14-21-19-7-3-1-5-17(19)18-6-2-4-8-20(18)21/h1-8,10-11,13,21,23H,9,12,14H2,(H,28,31)(H,29,30)/t23-/m0/s1. The number of alkyl carbamates (subject to hydrolysis) is 1. The number of nitrogens with one attached hydrogen (secondary N) is 1. The fourth-order valence-corrected chi connectivity index (χ4v) is 4.07. The van der Waals surface area contributed by atoms with Crippen molar-refractivity contribution in [2.75, 3.05) is 6.61 Å². The molecule has 0 spiro atoms. The quantitative estimate of drug-likeness (QED) is 0.552. The second-order valence-corrected chi connectivity index (χ2v) is 7.64. The summed E-state index contributed by atoms with van der Waals surface area (Å²) in [6.07, 6.45) is -1.04. The monoisotopic (exact) mass is 437 g/mol. The number of hydrogen-bond donors (Lipinski definition) is 2. The molecule has 0 unspecified atom stereocenters. The summed E-state index contributed by atoms with van der Waals surface area (Å²) in [5.74, 6) is -2.68. The molecule has 0 radical (unpaired) electrons. The third-order valence-corrected chi connectivity index (χ3v) is 5.64. The lowest BCUT2D eigenvalue weighted by atomic mass is 9.98. The molecule has 0 bridgehead atoms. The van der Waals surface area contributed by atoms with E-state index in [0.29, 0.717) is 0 Å². The Balaban J connectivity index is 1.39. The van der Waals surface area contributed by atoms with E-state index in [1.165, 1.54) is 0 Å². The average Bonchev–Trinajstić information content (AvgIpc) is 3.11. The number of carbonyl (C=O) groups is 2. The zero-order valence-electron chi connectivity index (χ0n) is 17.1. The van der Waals surface area contributed by atoms with Gasteiger partial charge in [0.1, 0.15) is 24.3 Å². The number of benzene rings is 3. The highest BCUT2D eigenvalue weighted by molar-refractivity contribution is 5.81. The highest BCUT2D eigenvalue weighted by atomic mass is 19.1. The summed E-state index contributed by atoms with van der Waals surface area (Å²) in [4.78, 5) is 23.9. The molecule has 1 amide bonds. The van der Waals surface area contributed by atoms with Gasteiger partial charge in [-0.1, -0.05) is 48.5 Å². The number of aliphatic carboxylic acids is 1. The van der Waals surface area contributed by atoms with Crippen molar-refractivity contribution in [3.05, 3.63) is 95.1 Å². The summed E-state index contributed by atoms with van der Waals surface area (Å²) >= 11 is 0. The Kier molecular flexibility index (Phi) is 6.16. The van der Waals surface area contributed by atoms with Crippen LogP contribution in [0.5, 0.6) is 0 Å². The summed E-state index contributed by atoms with van der Waals surface area (Å²) in [7, 11) is 0. The largest absolute Gasteiger partial charge is 0.480 e. The molecule has 7 heteroatoms. The molecule has 3 aromatic rings. The fourth-order valence-electron chi connectivity index (χ4n) is 4.07. The van der Waals surface area contributed by atoms with Crippen LogP contribution in [0.2, 0.25) is 0 Å². The first-order valence-corrected chi connectivity index (χ1v) is 10.2. The first kappa shape index (κ1) is 21.5. The summed E-state index contributed by atoms with van der Waals surface area (Å²) in [6, 6.07) is 17.4.